The summed E-state index contributed by atoms with van der Waals surface area (Å²) in [6.07, 6.45) is 5.93. The second-order valence-electron chi connectivity index (χ2n) is 5.63. The summed E-state index contributed by atoms with van der Waals surface area (Å²) in [5, 5.41) is 7.54. The van der Waals surface area contributed by atoms with Crippen LogP contribution in [0.25, 0.3) is 0 Å². The molecule has 1 N–H and O–H groups in total. The minimum Gasteiger partial charge on any atom is -0.338 e. The molecule has 3 rings (SSSR count). The van der Waals surface area contributed by atoms with Crippen molar-refractivity contribution >= 4 is 0 Å². The highest BCUT2D eigenvalue weighted by molar-refractivity contribution is 5.23. The van der Waals surface area contributed by atoms with Gasteiger partial charge in [-0.15, -0.1) is 0 Å². The fraction of sp³-hybridized carbons (Fsp3) is 0.500. The van der Waals surface area contributed by atoms with Gasteiger partial charge in [0.25, 0.3) is 0 Å². The van der Waals surface area contributed by atoms with Crippen LogP contribution in [0.15, 0.2) is 28.8 Å². The minimum absolute atomic E-state index is 0.627. The highest BCUT2D eigenvalue weighted by Gasteiger charge is 2.15. The summed E-state index contributed by atoms with van der Waals surface area (Å²) in [6.45, 7) is 2.77. The van der Waals surface area contributed by atoms with Crippen LogP contribution >= 0.6 is 0 Å². The maximum absolute atomic E-state index is 5.30. The molecular weight excluding hydrogens is 250 g/mol. The van der Waals surface area contributed by atoms with E-state index in [1.165, 1.54) is 36.8 Å². The normalized spacial score (nSPS) is 15.8. The molecule has 0 amide bonds. The summed E-state index contributed by atoms with van der Waals surface area (Å²) < 4.78 is 5.30. The summed E-state index contributed by atoms with van der Waals surface area (Å²) in [7, 11) is 0. The molecule has 20 heavy (non-hydrogen) atoms. The zero-order chi connectivity index (χ0) is 13.8. The number of aromatic nitrogens is 2. The molecule has 1 aliphatic carbocycles. The van der Waals surface area contributed by atoms with E-state index >= 15 is 0 Å². The van der Waals surface area contributed by atoms with Crippen LogP contribution in [0, 0.1) is 6.92 Å². The van der Waals surface area contributed by atoms with E-state index < -0.39 is 0 Å². The average molecular weight is 271 g/mol. The minimum atomic E-state index is 0.627. The van der Waals surface area contributed by atoms with Gasteiger partial charge in [0.05, 0.1) is 6.54 Å². The second kappa shape index (κ2) is 6.18. The topological polar surface area (TPSA) is 51.0 Å². The third-order valence-electron chi connectivity index (χ3n) is 3.89. The van der Waals surface area contributed by atoms with Gasteiger partial charge in [-0.2, -0.15) is 4.98 Å². The number of rotatable bonds is 5. The van der Waals surface area contributed by atoms with Gasteiger partial charge in [-0.3, -0.25) is 0 Å². The molecule has 1 aromatic carbocycles. The van der Waals surface area contributed by atoms with E-state index in [0.29, 0.717) is 18.5 Å². The number of nitrogens with one attached hydrogen (secondary N) is 1. The number of benzene rings is 1. The average Bonchev–Trinajstić information content (AvgIpc) is 3.10. The van der Waals surface area contributed by atoms with E-state index in [0.717, 1.165) is 12.2 Å². The molecule has 1 fully saturated rings. The van der Waals surface area contributed by atoms with Crippen molar-refractivity contribution in [3.05, 3.63) is 47.1 Å². The molecule has 0 saturated heterocycles. The molecule has 0 radical (unpaired) electrons. The monoisotopic (exact) mass is 271 g/mol. The van der Waals surface area contributed by atoms with Gasteiger partial charge in [0.2, 0.25) is 5.89 Å². The van der Waals surface area contributed by atoms with Crippen LogP contribution in [0.2, 0.25) is 0 Å². The molecule has 106 valence electrons. The first-order chi connectivity index (χ1) is 9.79. The Hall–Kier alpha value is -1.68. The van der Waals surface area contributed by atoms with Crippen molar-refractivity contribution in [2.45, 2.75) is 51.6 Å². The third kappa shape index (κ3) is 3.45. The molecule has 0 bridgehead atoms. The van der Waals surface area contributed by atoms with Gasteiger partial charge >= 0.3 is 0 Å². The van der Waals surface area contributed by atoms with Crippen molar-refractivity contribution < 1.29 is 4.52 Å². The summed E-state index contributed by atoms with van der Waals surface area (Å²) in [5.74, 6) is 1.45. The smallest absolute Gasteiger partial charge is 0.240 e. The van der Waals surface area contributed by atoms with Crippen molar-refractivity contribution in [2.75, 3.05) is 0 Å². The molecule has 2 aromatic rings. The lowest BCUT2D eigenvalue weighted by Crippen LogP contribution is -2.25. The third-order valence-corrected chi connectivity index (χ3v) is 3.89. The van der Waals surface area contributed by atoms with Crippen LogP contribution < -0.4 is 5.32 Å². The SMILES string of the molecule is Cc1ccc(Cc2noc(CNC3CCCC3)n2)cc1. The zero-order valence-corrected chi connectivity index (χ0v) is 11.9. The Bertz CT molecular complexity index is 541. The first-order valence-electron chi connectivity index (χ1n) is 7.40. The largest absolute Gasteiger partial charge is 0.338 e. The lowest BCUT2D eigenvalue weighted by Gasteiger charge is -2.08. The molecule has 1 aliphatic rings. The first kappa shape index (κ1) is 13.3. The van der Waals surface area contributed by atoms with Crippen molar-refractivity contribution in [2.24, 2.45) is 0 Å². The predicted molar refractivity (Wildman–Crippen MR) is 77.4 cm³/mol. The van der Waals surface area contributed by atoms with Gasteiger partial charge in [-0.1, -0.05) is 47.8 Å². The number of aryl methyl sites for hydroxylation is 1. The van der Waals surface area contributed by atoms with Gasteiger partial charge in [0.1, 0.15) is 0 Å². The Labute approximate surface area is 119 Å². The van der Waals surface area contributed by atoms with E-state index in [1.54, 1.807) is 0 Å². The van der Waals surface area contributed by atoms with E-state index in [1.807, 2.05) is 0 Å². The lowest BCUT2D eigenvalue weighted by atomic mass is 10.1. The summed E-state index contributed by atoms with van der Waals surface area (Å²) >= 11 is 0. The fourth-order valence-corrected chi connectivity index (χ4v) is 2.68. The highest BCUT2D eigenvalue weighted by Crippen LogP contribution is 2.18. The summed E-state index contributed by atoms with van der Waals surface area (Å²) in [4.78, 5) is 4.45. The molecule has 4 nitrogen and oxygen atoms in total. The summed E-state index contributed by atoms with van der Waals surface area (Å²) in [6, 6.07) is 9.07. The van der Waals surface area contributed by atoms with Crippen molar-refractivity contribution in [1.29, 1.82) is 0 Å². The van der Waals surface area contributed by atoms with Gasteiger partial charge in [0, 0.05) is 12.5 Å². The molecule has 0 spiro atoms. The van der Waals surface area contributed by atoms with Crippen LogP contribution in [-0.2, 0) is 13.0 Å². The Morgan fingerprint density at radius 1 is 1.20 bits per heavy atom. The van der Waals surface area contributed by atoms with E-state index in [9.17, 15) is 0 Å². The van der Waals surface area contributed by atoms with Crippen LogP contribution in [0.3, 0.4) is 0 Å². The van der Waals surface area contributed by atoms with E-state index in [-0.39, 0.29) is 0 Å². The van der Waals surface area contributed by atoms with Crippen LogP contribution in [0.5, 0.6) is 0 Å². The molecule has 1 saturated carbocycles. The van der Waals surface area contributed by atoms with Crippen LogP contribution in [0.4, 0.5) is 0 Å². The molecule has 0 aliphatic heterocycles. The van der Waals surface area contributed by atoms with Crippen LogP contribution in [-0.4, -0.2) is 16.2 Å². The Morgan fingerprint density at radius 3 is 2.70 bits per heavy atom. The molecule has 1 aromatic heterocycles. The Morgan fingerprint density at radius 2 is 1.95 bits per heavy atom. The maximum Gasteiger partial charge on any atom is 0.240 e. The fourth-order valence-electron chi connectivity index (χ4n) is 2.68. The van der Waals surface area contributed by atoms with Crippen LogP contribution in [0.1, 0.15) is 48.5 Å². The predicted octanol–water partition coefficient (Wildman–Crippen LogP) is 3.00. The highest BCUT2D eigenvalue weighted by atomic mass is 16.5. The molecule has 0 atom stereocenters. The Balaban J connectivity index is 1.54. The second-order valence-corrected chi connectivity index (χ2v) is 5.63. The van der Waals surface area contributed by atoms with E-state index in [2.05, 4.69) is 46.6 Å². The van der Waals surface area contributed by atoms with Crippen molar-refractivity contribution in [3.8, 4) is 0 Å². The van der Waals surface area contributed by atoms with Crippen molar-refractivity contribution in [3.63, 3.8) is 0 Å². The molecule has 4 heteroatoms. The summed E-state index contributed by atoms with van der Waals surface area (Å²) in [5.41, 5.74) is 2.48. The Kier molecular flexibility index (Phi) is 4.11. The van der Waals surface area contributed by atoms with Gasteiger partial charge in [-0.25, -0.2) is 0 Å². The number of hydrogen-bond acceptors (Lipinski definition) is 4. The molecular formula is C16H21N3O. The van der Waals surface area contributed by atoms with Gasteiger partial charge in [-0.05, 0) is 25.3 Å². The number of nitrogens with zero attached hydrogens (tertiary/aromatic N) is 2. The van der Waals surface area contributed by atoms with Gasteiger partial charge < -0.3 is 9.84 Å². The van der Waals surface area contributed by atoms with E-state index in [4.69, 9.17) is 4.52 Å². The standard InChI is InChI=1S/C16H21N3O/c1-12-6-8-13(9-7-12)10-15-18-16(20-19-15)11-17-14-4-2-3-5-14/h6-9,14,17H,2-5,10-11H2,1H3. The first-order valence-corrected chi connectivity index (χ1v) is 7.40. The van der Waals surface area contributed by atoms with Crippen molar-refractivity contribution in [1.82, 2.24) is 15.5 Å². The van der Waals surface area contributed by atoms with Gasteiger partial charge in [0.15, 0.2) is 5.82 Å². The quantitative estimate of drug-likeness (QED) is 0.908. The molecule has 1 heterocycles. The molecule has 0 unspecified atom stereocenters. The number of hydrogen-bond donors (Lipinski definition) is 1. The lowest BCUT2D eigenvalue weighted by molar-refractivity contribution is 0.353. The maximum atomic E-state index is 5.30. The zero-order valence-electron chi connectivity index (χ0n) is 11.9.